The molecule has 3 aromatic rings. The molecule has 1 aromatic heterocycles. The van der Waals surface area contributed by atoms with Crippen LogP contribution in [0.3, 0.4) is 0 Å². The normalized spacial score (nSPS) is 17.8. The van der Waals surface area contributed by atoms with Crippen LogP contribution in [0.25, 0.3) is 0 Å². The maximum atomic E-state index is 13.2. The Balaban J connectivity index is 1.28. The molecule has 2 heterocycles. The minimum absolute atomic E-state index is 0.0825. The van der Waals surface area contributed by atoms with E-state index in [1.54, 1.807) is 24.5 Å². The van der Waals surface area contributed by atoms with Crippen LogP contribution in [0.4, 0.5) is 4.79 Å². The highest BCUT2D eigenvalue weighted by molar-refractivity contribution is 5.85. The number of likely N-dealkylation sites (tertiary alicyclic amines) is 1. The molecule has 9 heteroatoms. The lowest BCUT2D eigenvalue weighted by Crippen LogP contribution is -2.53. The number of carbonyl (C=O) groups is 2. The molecule has 3 N–H and O–H groups in total. The molecule has 2 amide bonds. The number of β-amino-alcohol motifs (C(OH)–C–C–N with tert-alkyl or cyclic N) is 1. The maximum Gasteiger partial charge on any atom is 0.408 e. The summed E-state index contributed by atoms with van der Waals surface area (Å²) >= 11 is 0. The Labute approximate surface area is 235 Å². The van der Waals surface area contributed by atoms with Gasteiger partial charge in [-0.05, 0) is 53.3 Å². The third-order valence-electron chi connectivity index (χ3n) is 6.68. The number of nitrogens with one attached hydrogen (secondary N) is 2. The standard InChI is InChI=1S/C31H38N4O5/c1-22(2)15-27(34-31(38)40-21-24-11-13-32-14-12-24)30(37)33-28-18-35(19-29(28)36)17-25-9-6-10-26(16-25)39-20-23-7-4-3-5-8-23/h3-14,16,22,27-29,36H,15,17-21H2,1-2H3,(H,33,37)(H,34,38)/t27-,28?,29?/m0/s1. The number of aliphatic hydroxyl groups is 1. The number of alkyl carbamates (subject to hydrolysis) is 1. The number of aromatic nitrogens is 1. The molecule has 212 valence electrons. The molecule has 1 aliphatic heterocycles. The van der Waals surface area contributed by atoms with E-state index in [0.717, 1.165) is 22.4 Å². The monoisotopic (exact) mass is 546 g/mol. The van der Waals surface area contributed by atoms with Gasteiger partial charge < -0.3 is 25.2 Å². The van der Waals surface area contributed by atoms with Crippen molar-refractivity contribution in [2.45, 2.75) is 58.2 Å². The Morgan fingerprint density at radius 3 is 2.45 bits per heavy atom. The molecule has 0 bridgehead atoms. The molecular formula is C31H38N4O5. The second-order valence-corrected chi connectivity index (χ2v) is 10.6. The Morgan fingerprint density at radius 1 is 0.975 bits per heavy atom. The van der Waals surface area contributed by atoms with E-state index in [4.69, 9.17) is 9.47 Å². The van der Waals surface area contributed by atoms with Gasteiger partial charge >= 0.3 is 6.09 Å². The summed E-state index contributed by atoms with van der Waals surface area (Å²) in [6, 6.07) is 20.2. The van der Waals surface area contributed by atoms with Gasteiger partial charge in [0, 0.05) is 32.0 Å². The summed E-state index contributed by atoms with van der Waals surface area (Å²) in [6.45, 7) is 6.06. The van der Waals surface area contributed by atoms with Crippen molar-refractivity contribution in [2.75, 3.05) is 13.1 Å². The van der Waals surface area contributed by atoms with Gasteiger partial charge in [0.1, 0.15) is 25.0 Å². The molecule has 0 aliphatic carbocycles. The quantitative estimate of drug-likeness (QED) is 0.318. The van der Waals surface area contributed by atoms with E-state index in [1.807, 2.05) is 68.4 Å². The van der Waals surface area contributed by atoms with Gasteiger partial charge in [0.15, 0.2) is 0 Å². The smallest absolute Gasteiger partial charge is 0.408 e. The van der Waals surface area contributed by atoms with Gasteiger partial charge in [-0.25, -0.2) is 4.79 Å². The SMILES string of the molecule is CC(C)C[C@H](NC(=O)OCc1ccncc1)C(=O)NC1CN(Cc2cccc(OCc3ccccc3)c2)CC1O. The molecule has 0 spiro atoms. The lowest BCUT2D eigenvalue weighted by Gasteiger charge is -2.23. The van der Waals surface area contributed by atoms with E-state index in [9.17, 15) is 14.7 Å². The first kappa shape index (κ1) is 29.0. The van der Waals surface area contributed by atoms with Gasteiger partial charge in [0.2, 0.25) is 5.91 Å². The Hall–Kier alpha value is -3.95. The summed E-state index contributed by atoms with van der Waals surface area (Å²) < 4.78 is 11.2. The van der Waals surface area contributed by atoms with Crippen molar-refractivity contribution in [3.05, 3.63) is 95.8 Å². The number of pyridine rings is 1. The van der Waals surface area contributed by atoms with E-state index in [2.05, 4.69) is 20.5 Å². The predicted octanol–water partition coefficient (Wildman–Crippen LogP) is 3.66. The summed E-state index contributed by atoms with van der Waals surface area (Å²) in [5.41, 5.74) is 2.96. The van der Waals surface area contributed by atoms with Crippen molar-refractivity contribution in [3.63, 3.8) is 0 Å². The van der Waals surface area contributed by atoms with Gasteiger partial charge in [-0.15, -0.1) is 0 Å². The minimum Gasteiger partial charge on any atom is -0.489 e. The fraction of sp³-hybridized carbons (Fsp3) is 0.387. The van der Waals surface area contributed by atoms with Crippen LogP contribution in [0.15, 0.2) is 79.1 Å². The predicted molar refractivity (Wildman–Crippen MR) is 151 cm³/mol. The number of nitrogens with zero attached hydrogens (tertiary/aromatic N) is 2. The Bertz CT molecular complexity index is 1220. The third kappa shape index (κ3) is 9.07. The molecule has 3 atom stereocenters. The summed E-state index contributed by atoms with van der Waals surface area (Å²) in [4.78, 5) is 31.6. The van der Waals surface area contributed by atoms with Gasteiger partial charge in [0.05, 0.1) is 12.1 Å². The highest BCUT2D eigenvalue weighted by atomic mass is 16.5. The average Bonchev–Trinajstić information content (AvgIpc) is 3.29. The van der Waals surface area contributed by atoms with Crippen LogP contribution in [0.1, 0.15) is 37.0 Å². The van der Waals surface area contributed by atoms with Crippen LogP contribution >= 0.6 is 0 Å². The number of rotatable bonds is 12. The number of benzene rings is 2. The number of hydrogen-bond donors (Lipinski definition) is 3. The zero-order chi connectivity index (χ0) is 28.3. The first-order valence-corrected chi connectivity index (χ1v) is 13.6. The van der Waals surface area contributed by atoms with E-state index in [0.29, 0.717) is 32.7 Å². The van der Waals surface area contributed by atoms with E-state index >= 15 is 0 Å². The Morgan fingerprint density at radius 2 is 1.70 bits per heavy atom. The fourth-order valence-electron chi connectivity index (χ4n) is 4.67. The van der Waals surface area contributed by atoms with E-state index < -0.39 is 24.3 Å². The first-order chi connectivity index (χ1) is 19.4. The van der Waals surface area contributed by atoms with Gasteiger partial charge in [-0.1, -0.05) is 56.3 Å². The highest BCUT2D eigenvalue weighted by Crippen LogP contribution is 2.20. The number of ether oxygens (including phenoxy) is 2. The largest absolute Gasteiger partial charge is 0.489 e. The zero-order valence-electron chi connectivity index (χ0n) is 23.0. The third-order valence-corrected chi connectivity index (χ3v) is 6.68. The van der Waals surface area contributed by atoms with Crippen molar-refractivity contribution in [2.24, 2.45) is 5.92 Å². The summed E-state index contributed by atoms with van der Waals surface area (Å²) in [6.07, 6.45) is 2.30. The number of aliphatic hydroxyl groups excluding tert-OH is 1. The molecular weight excluding hydrogens is 508 g/mol. The maximum absolute atomic E-state index is 13.2. The summed E-state index contributed by atoms with van der Waals surface area (Å²) in [5, 5.41) is 16.3. The van der Waals surface area contributed by atoms with Crippen LogP contribution < -0.4 is 15.4 Å². The second kappa shape index (κ2) is 14.4. The lowest BCUT2D eigenvalue weighted by atomic mass is 10.0. The van der Waals surface area contributed by atoms with Gasteiger partial charge in [-0.2, -0.15) is 0 Å². The van der Waals surface area contributed by atoms with Crippen LogP contribution in [0.5, 0.6) is 5.75 Å². The number of amides is 2. The van der Waals surface area contributed by atoms with Crippen molar-refractivity contribution in [1.29, 1.82) is 0 Å². The lowest BCUT2D eigenvalue weighted by molar-refractivity contribution is -0.124. The van der Waals surface area contributed by atoms with Gasteiger partial charge in [0.25, 0.3) is 0 Å². The molecule has 1 saturated heterocycles. The van der Waals surface area contributed by atoms with Crippen LogP contribution in [-0.4, -0.2) is 58.3 Å². The van der Waals surface area contributed by atoms with Gasteiger partial charge in [-0.3, -0.25) is 14.7 Å². The van der Waals surface area contributed by atoms with Crippen molar-refractivity contribution >= 4 is 12.0 Å². The zero-order valence-corrected chi connectivity index (χ0v) is 23.0. The molecule has 40 heavy (non-hydrogen) atoms. The van der Waals surface area contributed by atoms with Crippen LogP contribution in [-0.2, 0) is 29.3 Å². The van der Waals surface area contributed by atoms with Crippen LogP contribution in [0.2, 0.25) is 0 Å². The minimum atomic E-state index is -0.773. The first-order valence-electron chi connectivity index (χ1n) is 13.6. The number of carbonyl (C=O) groups excluding carboxylic acids is 2. The molecule has 0 radical (unpaired) electrons. The average molecular weight is 547 g/mol. The molecule has 2 unspecified atom stereocenters. The number of hydrogen-bond acceptors (Lipinski definition) is 7. The molecule has 1 aliphatic rings. The molecule has 1 fully saturated rings. The fourth-order valence-corrected chi connectivity index (χ4v) is 4.67. The van der Waals surface area contributed by atoms with Crippen LogP contribution in [0, 0.1) is 5.92 Å². The molecule has 2 aromatic carbocycles. The van der Waals surface area contributed by atoms with Crippen molar-refractivity contribution < 1.29 is 24.2 Å². The topological polar surface area (TPSA) is 113 Å². The summed E-state index contributed by atoms with van der Waals surface area (Å²) in [7, 11) is 0. The van der Waals surface area contributed by atoms with Crippen molar-refractivity contribution in [3.8, 4) is 5.75 Å². The Kier molecular flexibility index (Phi) is 10.5. The van der Waals surface area contributed by atoms with E-state index in [-0.39, 0.29) is 18.4 Å². The second-order valence-electron chi connectivity index (χ2n) is 10.6. The van der Waals surface area contributed by atoms with E-state index in [1.165, 1.54) is 0 Å². The molecule has 0 saturated carbocycles. The molecule has 4 rings (SSSR count). The summed E-state index contributed by atoms with van der Waals surface area (Å²) in [5.74, 6) is 0.610. The highest BCUT2D eigenvalue weighted by Gasteiger charge is 2.34. The van der Waals surface area contributed by atoms with Crippen molar-refractivity contribution in [1.82, 2.24) is 20.5 Å². The molecule has 9 nitrogen and oxygen atoms in total.